The maximum absolute atomic E-state index is 12.9. The maximum Gasteiger partial charge on any atom is 0.214 e. The quantitative estimate of drug-likeness (QED) is 0.349. The van der Waals surface area contributed by atoms with E-state index < -0.39 is 15.7 Å². The average molecular weight is 392 g/mol. The number of tetrazole rings is 1. The Hall–Kier alpha value is -2.26. The van der Waals surface area contributed by atoms with Gasteiger partial charge in [0, 0.05) is 5.75 Å². The van der Waals surface area contributed by atoms with E-state index in [9.17, 15) is 12.8 Å². The predicted molar refractivity (Wildman–Crippen MR) is 97.7 cm³/mol. The Balaban J connectivity index is 1.59. The van der Waals surface area contributed by atoms with Crippen molar-refractivity contribution in [1.29, 1.82) is 0 Å². The van der Waals surface area contributed by atoms with Crippen molar-refractivity contribution in [3.05, 3.63) is 59.9 Å². The number of thioether (sulfide) groups is 1. The minimum absolute atomic E-state index is 0.0162. The lowest BCUT2D eigenvalue weighted by atomic mass is 10.2. The summed E-state index contributed by atoms with van der Waals surface area (Å²) < 4.78 is 39.1. The summed E-state index contributed by atoms with van der Waals surface area (Å²) in [6, 6.07) is 12.7. The first-order valence-corrected chi connectivity index (χ1v) is 10.6. The van der Waals surface area contributed by atoms with Crippen molar-refractivity contribution in [2.45, 2.75) is 23.4 Å². The standard InChI is InChI=1S/C17H17FN4O2S2/c1-13-4-2-5-15(12-13)22-17(19-20-21-22)25-10-3-11-26(23,24)16-8-6-14(18)7-9-16/h2,4-9,12H,3,10-11H2,1H3. The lowest BCUT2D eigenvalue weighted by Gasteiger charge is -2.06. The Morgan fingerprint density at radius 1 is 1.15 bits per heavy atom. The Bertz CT molecular complexity index is 988. The molecule has 0 saturated carbocycles. The minimum atomic E-state index is -3.42. The van der Waals surface area contributed by atoms with Crippen LogP contribution in [0, 0.1) is 12.7 Å². The summed E-state index contributed by atoms with van der Waals surface area (Å²) >= 11 is 1.40. The number of halogens is 1. The van der Waals surface area contributed by atoms with Crippen LogP contribution in [0.15, 0.2) is 58.6 Å². The third-order valence-corrected chi connectivity index (χ3v) is 6.47. The molecule has 0 spiro atoms. The first-order chi connectivity index (χ1) is 12.5. The summed E-state index contributed by atoms with van der Waals surface area (Å²) in [5.41, 5.74) is 1.95. The highest BCUT2D eigenvalue weighted by atomic mass is 32.2. The normalized spacial score (nSPS) is 11.6. The van der Waals surface area contributed by atoms with E-state index in [-0.39, 0.29) is 10.6 Å². The van der Waals surface area contributed by atoms with E-state index in [1.165, 1.54) is 23.9 Å². The van der Waals surface area contributed by atoms with Gasteiger partial charge in [-0.05, 0) is 65.7 Å². The van der Waals surface area contributed by atoms with Crippen LogP contribution in [0.3, 0.4) is 0 Å². The molecule has 1 heterocycles. The van der Waals surface area contributed by atoms with Gasteiger partial charge in [-0.3, -0.25) is 0 Å². The molecule has 0 atom stereocenters. The molecule has 3 aromatic rings. The number of aryl methyl sites for hydroxylation is 1. The molecule has 0 fully saturated rings. The Kier molecular flexibility index (Phi) is 5.67. The van der Waals surface area contributed by atoms with E-state index in [1.807, 2.05) is 31.2 Å². The van der Waals surface area contributed by atoms with E-state index in [2.05, 4.69) is 15.5 Å². The Morgan fingerprint density at radius 2 is 1.92 bits per heavy atom. The zero-order chi connectivity index (χ0) is 18.6. The van der Waals surface area contributed by atoms with Gasteiger partial charge in [-0.15, -0.1) is 5.10 Å². The van der Waals surface area contributed by atoms with E-state index in [4.69, 9.17) is 0 Å². The van der Waals surface area contributed by atoms with Crippen LogP contribution in [0.2, 0.25) is 0 Å². The minimum Gasteiger partial charge on any atom is -0.224 e. The molecule has 0 aliphatic rings. The monoisotopic (exact) mass is 392 g/mol. The molecule has 0 radical (unpaired) electrons. The van der Waals surface area contributed by atoms with Crippen molar-refractivity contribution < 1.29 is 12.8 Å². The van der Waals surface area contributed by atoms with E-state index >= 15 is 0 Å². The molecule has 0 amide bonds. The predicted octanol–water partition coefficient (Wildman–Crippen LogP) is 3.07. The highest BCUT2D eigenvalue weighted by Crippen LogP contribution is 2.20. The van der Waals surface area contributed by atoms with Gasteiger partial charge in [-0.25, -0.2) is 12.8 Å². The molecule has 9 heteroatoms. The van der Waals surface area contributed by atoms with Crippen molar-refractivity contribution >= 4 is 21.6 Å². The molecule has 6 nitrogen and oxygen atoms in total. The molecule has 1 aromatic heterocycles. The molecule has 0 unspecified atom stereocenters. The Morgan fingerprint density at radius 3 is 2.65 bits per heavy atom. The summed E-state index contributed by atoms with van der Waals surface area (Å²) in [7, 11) is -3.42. The molecule has 2 aromatic carbocycles. The lowest BCUT2D eigenvalue weighted by Crippen LogP contribution is -2.08. The van der Waals surface area contributed by atoms with Gasteiger partial charge in [0.05, 0.1) is 16.3 Å². The molecule has 0 aliphatic carbocycles. The third-order valence-electron chi connectivity index (χ3n) is 3.65. The van der Waals surface area contributed by atoms with Crippen LogP contribution in [0.1, 0.15) is 12.0 Å². The van der Waals surface area contributed by atoms with Gasteiger partial charge in [-0.1, -0.05) is 23.9 Å². The molecular formula is C17H17FN4O2S2. The van der Waals surface area contributed by atoms with Crippen LogP contribution >= 0.6 is 11.8 Å². The van der Waals surface area contributed by atoms with Crippen molar-refractivity contribution in [2.75, 3.05) is 11.5 Å². The van der Waals surface area contributed by atoms with Gasteiger partial charge in [0.25, 0.3) is 0 Å². The number of nitrogens with zero attached hydrogens (tertiary/aromatic N) is 4. The fraction of sp³-hybridized carbons (Fsp3) is 0.235. The van der Waals surface area contributed by atoms with Gasteiger partial charge in [0.15, 0.2) is 9.84 Å². The first-order valence-electron chi connectivity index (χ1n) is 7.92. The number of sulfone groups is 1. The van der Waals surface area contributed by atoms with Crippen molar-refractivity contribution in [1.82, 2.24) is 20.2 Å². The highest BCUT2D eigenvalue weighted by molar-refractivity contribution is 7.99. The topological polar surface area (TPSA) is 77.7 Å². The second-order valence-electron chi connectivity index (χ2n) is 5.69. The maximum atomic E-state index is 12.9. The zero-order valence-electron chi connectivity index (χ0n) is 14.0. The number of rotatable bonds is 7. The average Bonchev–Trinajstić information content (AvgIpc) is 3.08. The van der Waals surface area contributed by atoms with Crippen molar-refractivity contribution in [3.63, 3.8) is 0 Å². The van der Waals surface area contributed by atoms with Gasteiger partial charge >= 0.3 is 0 Å². The summed E-state index contributed by atoms with van der Waals surface area (Å²) in [4.78, 5) is 0.133. The molecule has 0 bridgehead atoms. The second kappa shape index (κ2) is 7.96. The molecule has 136 valence electrons. The van der Waals surface area contributed by atoms with Crippen LogP contribution in [0.25, 0.3) is 5.69 Å². The van der Waals surface area contributed by atoms with Crippen LogP contribution in [-0.4, -0.2) is 40.1 Å². The van der Waals surface area contributed by atoms with Crippen LogP contribution in [0.5, 0.6) is 0 Å². The number of benzene rings is 2. The van der Waals surface area contributed by atoms with Crippen LogP contribution < -0.4 is 0 Å². The fourth-order valence-corrected chi connectivity index (χ4v) is 4.69. The summed E-state index contributed by atoms with van der Waals surface area (Å²) in [6.07, 6.45) is 0.436. The van der Waals surface area contributed by atoms with Crippen molar-refractivity contribution in [2.24, 2.45) is 0 Å². The lowest BCUT2D eigenvalue weighted by molar-refractivity contribution is 0.593. The van der Waals surface area contributed by atoms with E-state index in [1.54, 1.807) is 4.68 Å². The van der Waals surface area contributed by atoms with Crippen LogP contribution in [-0.2, 0) is 9.84 Å². The van der Waals surface area contributed by atoms with Crippen LogP contribution in [0.4, 0.5) is 4.39 Å². The SMILES string of the molecule is Cc1cccc(-n2nnnc2SCCCS(=O)(=O)c2ccc(F)cc2)c1. The summed E-state index contributed by atoms with van der Waals surface area (Å²) in [6.45, 7) is 1.99. The number of hydrogen-bond donors (Lipinski definition) is 0. The molecule has 3 rings (SSSR count). The molecule has 0 saturated heterocycles. The molecule has 26 heavy (non-hydrogen) atoms. The third kappa shape index (κ3) is 4.47. The second-order valence-corrected chi connectivity index (χ2v) is 8.86. The number of aromatic nitrogens is 4. The van der Waals surface area contributed by atoms with Gasteiger partial charge in [-0.2, -0.15) is 4.68 Å². The Labute approximate surface area is 155 Å². The van der Waals surface area contributed by atoms with E-state index in [0.717, 1.165) is 23.4 Å². The smallest absolute Gasteiger partial charge is 0.214 e. The largest absolute Gasteiger partial charge is 0.224 e. The molecular weight excluding hydrogens is 375 g/mol. The number of hydrogen-bond acceptors (Lipinski definition) is 6. The summed E-state index contributed by atoms with van der Waals surface area (Å²) in [5.74, 6) is 0.0760. The molecule has 0 aliphatic heterocycles. The fourth-order valence-electron chi connectivity index (χ4n) is 2.36. The zero-order valence-corrected chi connectivity index (χ0v) is 15.7. The first kappa shape index (κ1) is 18.5. The van der Waals surface area contributed by atoms with E-state index in [0.29, 0.717) is 17.3 Å². The molecule has 0 N–H and O–H groups in total. The van der Waals surface area contributed by atoms with Gasteiger partial charge < -0.3 is 0 Å². The summed E-state index contributed by atoms with van der Waals surface area (Å²) in [5, 5.41) is 12.3. The van der Waals surface area contributed by atoms with Crippen molar-refractivity contribution in [3.8, 4) is 5.69 Å². The highest BCUT2D eigenvalue weighted by Gasteiger charge is 2.15. The van der Waals surface area contributed by atoms with Gasteiger partial charge in [0.2, 0.25) is 5.16 Å². The van der Waals surface area contributed by atoms with Gasteiger partial charge in [0.1, 0.15) is 5.82 Å².